The van der Waals surface area contributed by atoms with Gasteiger partial charge >= 0.3 is 5.69 Å². The first-order chi connectivity index (χ1) is 16.0. The number of aryl methyl sites for hydroxylation is 1. The van der Waals surface area contributed by atoms with Crippen molar-refractivity contribution in [3.05, 3.63) is 67.7 Å². The lowest BCUT2D eigenvalue weighted by Gasteiger charge is -2.28. The van der Waals surface area contributed by atoms with E-state index in [1.54, 1.807) is 4.57 Å². The number of carbonyl (C=O) groups is 1. The summed E-state index contributed by atoms with van der Waals surface area (Å²) in [6.07, 6.45) is 5.42. The summed E-state index contributed by atoms with van der Waals surface area (Å²) >= 11 is 1.39. The molecule has 0 unspecified atom stereocenters. The normalized spacial score (nSPS) is 18.5. The Labute approximate surface area is 198 Å². The maximum Gasteiger partial charge on any atom is 0.331 e. The number of unbranched alkanes of at least 4 members (excludes halogenated alkanes) is 1. The van der Waals surface area contributed by atoms with Crippen LogP contribution in [-0.4, -0.2) is 21.6 Å². The first-order valence-corrected chi connectivity index (χ1v) is 12.9. The van der Waals surface area contributed by atoms with Gasteiger partial charge in [-0.1, -0.05) is 43.2 Å². The number of aromatic nitrogens is 2. The lowest BCUT2D eigenvalue weighted by Crippen LogP contribution is -2.42. The molecule has 0 aliphatic heterocycles. The highest BCUT2D eigenvalue weighted by atomic mass is 32.1. The van der Waals surface area contributed by atoms with E-state index in [1.807, 2.05) is 42.6 Å². The van der Waals surface area contributed by atoms with Crippen molar-refractivity contribution in [1.82, 2.24) is 14.5 Å². The van der Waals surface area contributed by atoms with Gasteiger partial charge in [-0.2, -0.15) is 0 Å². The van der Waals surface area contributed by atoms with Crippen LogP contribution >= 0.6 is 11.3 Å². The molecule has 0 saturated heterocycles. The zero-order valence-corrected chi connectivity index (χ0v) is 20.3. The van der Waals surface area contributed by atoms with Crippen LogP contribution in [0.25, 0.3) is 10.2 Å². The smallest absolute Gasteiger partial charge is 0.331 e. The highest BCUT2D eigenvalue weighted by molar-refractivity contribution is 7.17. The van der Waals surface area contributed by atoms with Crippen LogP contribution in [0.2, 0.25) is 0 Å². The van der Waals surface area contributed by atoms with Crippen LogP contribution in [0.3, 0.4) is 0 Å². The maximum atomic E-state index is 13.4. The fraction of sp³-hybridized carbons (Fsp3) is 0.500. The van der Waals surface area contributed by atoms with E-state index in [9.17, 15) is 14.4 Å². The molecule has 33 heavy (non-hydrogen) atoms. The molecule has 0 bridgehead atoms. The predicted octanol–water partition coefficient (Wildman–Crippen LogP) is 4.30. The number of nitrogens with zero attached hydrogens (tertiary/aromatic N) is 2. The molecule has 6 nitrogen and oxygen atoms in total. The van der Waals surface area contributed by atoms with Crippen molar-refractivity contribution in [3.8, 4) is 0 Å². The van der Waals surface area contributed by atoms with Crippen molar-refractivity contribution in [2.24, 2.45) is 11.8 Å². The van der Waals surface area contributed by atoms with E-state index in [1.165, 1.54) is 21.5 Å². The van der Waals surface area contributed by atoms with Crippen LogP contribution in [0, 0.1) is 18.8 Å². The average Bonchev–Trinajstić information content (AvgIpc) is 3.31. The molecule has 7 heteroatoms. The summed E-state index contributed by atoms with van der Waals surface area (Å²) in [4.78, 5) is 39.0. The van der Waals surface area contributed by atoms with E-state index >= 15 is 0 Å². The Balaban J connectivity index is 1.52. The zero-order valence-electron chi connectivity index (χ0n) is 19.5. The van der Waals surface area contributed by atoms with Gasteiger partial charge in [0, 0.05) is 19.0 Å². The molecular formula is C26H33N3O3S. The molecule has 1 aliphatic rings. The van der Waals surface area contributed by atoms with Crippen molar-refractivity contribution in [1.29, 1.82) is 0 Å². The number of rotatable bonds is 8. The fourth-order valence-electron chi connectivity index (χ4n) is 4.72. The molecule has 1 saturated carbocycles. The van der Waals surface area contributed by atoms with Gasteiger partial charge in [0.1, 0.15) is 4.70 Å². The number of amides is 1. The molecule has 1 amide bonds. The van der Waals surface area contributed by atoms with Crippen LogP contribution in [-0.2, 0) is 17.9 Å². The second-order valence-electron chi connectivity index (χ2n) is 9.27. The van der Waals surface area contributed by atoms with Gasteiger partial charge in [0.15, 0.2) is 0 Å². The summed E-state index contributed by atoms with van der Waals surface area (Å²) in [6.45, 7) is 5.76. The number of benzene rings is 1. The second kappa shape index (κ2) is 10.5. The maximum absolute atomic E-state index is 13.4. The molecule has 3 aromatic rings. The molecule has 176 valence electrons. The van der Waals surface area contributed by atoms with Gasteiger partial charge in [-0.25, -0.2) is 4.79 Å². The van der Waals surface area contributed by atoms with Crippen LogP contribution < -0.4 is 16.6 Å². The van der Waals surface area contributed by atoms with Gasteiger partial charge in [0.25, 0.3) is 5.56 Å². The Morgan fingerprint density at radius 2 is 1.79 bits per heavy atom. The largest absolute Gasteiger partial charge is 0.356 e. The van der Waals surface area contributed by atoms with Gasteiger partial charge in [0.2, 0.25) is 5.91 Å². The third-order valence-corrected chi connectivity index (χ3v) is 7.68. The third kappa shape index (κ3) is 5.29. The zero-order chi connectivity index (χ0) is 23.4. The first kappa shape index (κ1) is 23.5. The third-order valence-electron chi connectivity index (χ3n) is 6.79. The van der Waals surface area contributed by atoms with Gasteiger partial charge in [-0.3, -0.25) is 18.7 Å². The lowest BCUT2D eigenvalue weighted by molar-refractivity contribution is -0.126. The average molecular weight is 468 g/mol. The van der Waals surface area contributed by atoms with E-state index in [4.69, 9.17) is 0 Å². The second-order valence-corrected chi connectivity index (χ2v) is 10.2. The van der Waals surface area contributed by atoms with Gasteiger partial charge < -0.3 is 5.32 Å². The van der Waals surface area contributed by atoms with Gasteiger partial charge in [0.05, 0.1) is 12.1 Å². The van der Waals surface area contributed by atoms with Crippen LogP contribution in [0.5, 0.6) is 0 Å². The summed E-state index contributed by atoms with van der Waals surface area (Å²) in [6, 6.07) is 10.0. The molecule has 0 atom stereocenters. The van der Waals surface area contributed by atoms with Crippen LogP contribution in [0.15, 0.2) is 45.3 Å². The topological polar surface area (TPSA) is 73.1 Å². The summed E-state index contributed by atoms with van der Waals surface area (Å²) in [5.74, 6) is 0.438. The fourth-order valence-corrected chi connectivity index (χ4v) is 5.56. The van der Waals surface area contributed by atoms with Crippen molar-refractivity contribution in [2.75, 3.05) is 6.54 Å². The molecule has 1 aliphatic carbocycles. The Hall–Kier alpha value is -2.67. The Kier molecular flexibility index (Phi) is 7.48. The molecule has 2 aromatic heterocycles. The molecule has 1 N–H and O–H groups in total. The number of thiophene rings is 1. The SMILES string of the molecule is CCCCNC(=O)C1CCC(Cn2c(=O)c3sccc3n(Cc3ccc(C)cc3)c2=O)CC1. The minimum absolute atomic E-state index is 0.0489. The number of fused-ring (bicyclic) bond motifs is 1. The van der Waals surface area contributed by atoms with Crippen molar-refractivity contribution >= 4 is 27.5 Å². The highest BCUT2D eigenvalue weighted by Gasteiger charge is 2.27. The minimum Gasteiger partial charge on any atom is -0.356 e. The number of nitrogens with one attached hydrogen (secondary N) is 1. The van der Waals surface area contributed by atoms with Crippen molar-refractivity contribution < 1.29 is 4.79 Å². The molecule has 1 aromatic carbocycles. The van der Waals surface area contributed by atoms with Gasteiger partial charge in [-0.05, 0) is 62.0 Å². The molecule has 0 spiro atoms. The quantitative estimate of drug-likeness (QED) is 0.502. The summed E-state index contributed by atoms with van der Waals surface area (Å²) in [5, 5.41) is 4.92. The molecule has 1 fully saturated rings. The number of hydrogen-bond donors (Lipinski definition) is 1. The van der Waals surface area contributed by atoms with Crippen molar-refractivity contribution in [3.63, 3.8) is 0 Å². The van der Waals surface area contributed by atoms with Crippen LogP contribution in [0.1, 0.15) is 56.6 Å². The number of hydrogen-bond acceptors (Lipinski definition) is 4. The Morgan fingerprint density at radius 3 is 2.48 bits per heavy atom. The summed E-state index contributed by atoms with van der Waals surface area (Å²) < 4.78 is 3.79. The highest BCUT2D eigenvalue weighted by Crippen LogP contribution is 2.30. The van der Waals surface area contributed by atoms with E-state index in [-0.39, 0.29) is 29.0 Å². The minimum atomic E-state index is -0.245. The lowest BCUT2D eigenvalue weighted by atomic mass is 9.81. The van der Waals surface area contributed by atoms with E-state index in [0.717, 1.165) is 50.6 Å². The molecular weight excluding hydrogens is 434 g/mol. The Bertz CT molecular complexity index is 1210. The predicted molar refractivity (Wildman–Crippen MR) is 134 cm³/mol. The van der Waals surface area contributed by atoms with E-state index in [0.29, 0.717) is 23.3 Å². The van der Waals surface area contributed by atoms with Crippen molar-refractivity contribution in [2.45, 2.75) is 65.5 Å². The summed E-state index contributed by atoms with van der Waals surface area (Å²) in [5.41, 5.74) is 2.48. The van der Waals surface area contributed by atoms with Gasteiger partial charge in [-0.15, -0.1) is 11.3 Å². The Morgan fingerprint density at radius 1 is 1.06 bits per heavy atom. The first-order valence-electron chi connectivity index (χ1n) is 12.0. The molecule has 4 rings (SSSR count). The van der Waals surface area contributed by atoms with E-state index < -0.39 is 0 Å². The molecule has 0 radical (unpaired) electrons. The van der Waals surface area contributed by atoms with Crippen LogP contribution in [0.4, 0.5) is 0 Å². The summed E-state index contributed by atoms with van der Waals surface area (Å²) in [7, 11) is 0. The van der Waals surface area contributed by atoms with E-state index in [2.05, 4.69) is 12.2 Å². The monoisotopic (exact) mass is 467 g/mol. The standard InChI is InChI=1S/C26H33N3O3S/c1-3-4-14-27-24(30)21-11-9-20(10-12-21)17-29-25(31)23-22(13-15-33-23)28(26(29)32)16-19-7-5-18(2)6-8-19/h5-8,13,15,20-21H,3-4,9-12,14,16-17H2,1-2H3,(H,27,30). The molecule has 2 heterocycles. The number of carbonyl (C=O) groups excluding carboxylic acids is 1.